The van der Waals surface area contributed by atoms with Gasteiger partial charge in [-0.15, -0.1) is 0 Å². The van der Waals surface area contributed by atoms with Crippen molar-refractivity contribution in [2.75, 3.05) is 0 Å². The van der Waals surface area contributed by atoms with Gasteiger partial charge in [0.2, 0.25) is 0 Å². The van der Waals surface area contributed by atoms with Gasteiger partial charge in [-0.25, -0.2) is 0 Å². The van der Waals surface area contributed by atoms with E-state index < -0.39 is 5.92 Å². The number of rotatable bonds is 3. The highest BCUT2D eigenvalue weighted by Crippen LogP contribution is 2.28. The maximum Gasteiger partial charge on any atom is 0.148 e. The minimum atomic E-state index is -0.593. The Balaban J connectivity index is 2.11. The molecular weight excluding hydrogens is 244 g/mol. The highest BCUT2D eigenvalue weighted by atomic mass is 16.3. The Kier molecular flexibility index (Phi) is 3.60. The van der Waals surface area contributed by atoms with E-state index in [0.29, 0.717) is 12.0 Å². The second-order valence-corrected chi connectivity index (χ2v) is 4.70. The van der Waals surface area contributed by atoms with Crippen molar-refractivity contribution >= 4 is 5.78 Å². The summed E-state index contributed by atoms with van der Waals surface area (Å²) in [6.07, 6.45) is 2.05. The fourth-order valence-electron chi connectivity index (χ4n) is 2.11. The summed E-state index contributed by atoms with van der Waals surface area (Å²) in [5, 5.41) is 28.6. The van der Waals surface area contributed by atoms with Crippen LogP contribution in [0.2, 0.25) is 0 Å². The third-order valence-corrected chi connectivity index (χ3v) is 3.35. The van der Waals surface area contributed by atoms with Crippen LogP contribution in [0.4, 0.5) is 0 Å². The molecule has 0 spiro atoms. The summed E-state index contributed by atoms with van der Waals surface area (Å²) in [5.74, 6) is -0.564. The monoisotopic (exact) mass is 260 g/mol. The van der Waals surface area contributed by atoms with Gasteiger partial charge in [-0.05, 0) is 37.1 Å². The van der Waals surface area contributed by atoms with E-state index in [0.717, 1.165) is 5.56 Å². The minimum Gasteiger partial charge on any atom is -0.511 e. The second-order valence-electron chi connectivity index (χ2n) is 4.70. The molecule has 1 aromatic rings. The molecule has 0 aliphatic heterocycles. The zero-order chi connectivity index (χ0) is 14.0. The van der Waals surface area contributed by atoms with Crippen LogP contribution in [-0.2, 0) is 11.2 Å². The number of aliphatic hydroxyl groups excluding tert-OH is 2. The number of ketones is 1. The van der Waals surface area contributed by atoms with E-state index in [-0.39, 0.29) is 29.5 Å². The smallest absolute Gasteiger partial charge is 0.148 e. The van der Waals surface area contributed by atoms with Gasteiger partial charge in [-0.2, -0.15) is 0 Å². The molecule has 1 atom stereocenters. The van der Waals surface area contributed by atoms with E-state index in [1.165, 1.54) is 12.1 Å². The summed E-state index contributed by atoms with van der Waals surface area (Å²) in [6.45, 7) is 1.58. The highest BCUT2D eigenvalue weighted by Gasteiger charge is 2.27. The molecule has 4 heteroatoms. The topological polar surface area (TPSA) is 77.8 Å². The Hall–Kier alpha value is -2.23. The first-order valence-electron chi connectivity index (χ1n) is 6.09. The van der Waals surface area contributed by atoms with Crippen molar-refractivity contribution in [1.29, 1.82) is 0 Å². The number of hydrogen-bond donors (Lipinski definition) is 3. The van der Waals surface area contributed by atoms with Gasteiger partial charge in [-0.3, -0.25) is 4.79 Å². The van der Waals surface area contributed by atoms with Crippen molar-refractivity contribution in [3.63, 3.8) is 0 Å². The van der Waals surface area contributed by atoms with E-state index in [2.05, 4.69) is 0 Å². The van der Waals surface area contributed by atoms with E-state index in [4.69, 9.17) is 0 Å². The van der Waals surface area contributed by atoms with Crippen molar-refractivity contribution < 1.29 is 20.1 Å². The molecule has 2 rings (SSSR count). The zero-order valence-electron chi connectivity index (χ0n) is 10.6. The number of hydrogen-bond acceptors (Lipinski definition) is 4. The molecule has 0 fully saturated rings. The highest BCUT2D eigenvalue weighted by molar-refractivity contribution is 5.86. The lowest BCUT2D eigenvalue weighted by molar-refractivity contribution is -0.121. The molecule has 1 unspecified atom stereocenters. The van der Waals surface area contributed by atoms with Crippen molar-refractivity contribution in [2.45, 2.75) is 19.8 Å². The lowest BCUT2D eigenvalue weighted by Crippen LogP contribution is -2.22. The van der Waals surface area contributed by atoms with Crippen LogP contribution in [0.15, 0.2) is 47.4 Å². The van der Waals surface area contributed by atoms with E-state index in [9.17, 15) is 20.1 Å². The predicted molar refractivity (Wildman–Crippen MR) is 71.0 cm³/mol. The number of allylic oxidation sites excluding steroid dienone is 3. The Bertz CT molecular complexity index is 552. The fourth-order valence-corrected chi connectivity index (χ4v) is 2.11. The van der Waals surface area contributed by atoms with Crippen LogP contribution >= 0.6 is 0 Å². The molecular formula is C15H16O4. The largest absolute Gasteiger partial charge is 0.511 e. The third-order valence-electron chi connectivity index (χ3n) is 3.35. The molecule has 0 aromatic heterocycles. The lowest BCUT2D eigenvalue weighted by atomic mass is 9.87. The number of phenols is 1. The summed E-state index contributed by atoms with van der Waals surface area (Å²) in [4.78, 5) is 12.1. The molecule has 1 aliphatic rings. The lowest BCUT2D eigenvalue weighted by Gasteiger charge is -2.20. The normalized spacial score (nSPS) is 19.2. The molecule has 0 saturated heterocycles. The Morgan fingerprint density at radius 3 is 2.47 bits per heavy atom. The van der Waals surface area contributed by atoms with E-state index in [1.54, 1.807) is 25.1 Å². The molecule has 0 radical (unpaired) electrons. The summed E-state index contributed by atoms with van der Waals surface area (Å²) >= 11 is 0. The maximum absolute atomic E-state index is 12.1. The summed E-state index contributed by atoms with van der Waals surface area (Å²) in [6, 6.07) is 6.40. The molecule has 100 valence electrons. The second kappa shape index (κ2) is 5.18. The van der Waals surface area contributed by atoms with Gasteiger partial charge in [-0.1, -0.05) is 12.1 Å². The Morgan fingerprint density at radius 1 is 1.21 bits per heavy atom. The SMILES string of the molecule is CC1=C(O)C(C(=O)Cc2ccc(O)cc2)CC=C1O. The average Bonchev–Trinajstić information content (AvgIpc) is 2.39. The Labute approximate surface area is 111 Å². The van der Waals surface area contributed by atoms with Gasteiger partial charge in [0.1, 0.15) is 23.1 Å². The summed E-state index contributed by atoms with van der Waals surface area (Å²) in [7, 11) is 0. The minimum absolute atomic E-state index is 0.0335. The van der Waals surface area contributed by atoms with Gasteiger partial charge < -0.3 is 15.3 Å². The van der Waals surface area contributed by atoms with E-state index in [1.807, 2.05) is 0 Å². The van der Waals surface area contributed by atoms with Gasteiger partial charge in [0.15, 0.2) is 0 Å². The number of aliphatic hydroxyl groups is 2. The quantitative estimate of drug-likeness (QED) is 0.781. The Morgan fingerprint density at radius 2 is 1.84 bits per heavy atom. The van der Waals surface area contributed by atoms with Crippen LogP contribution in [0.1, 0.15) is 18.9 Å². The zero-order valence-corrected chi connectivity index (χ0v) is 10.6. The van der Waals surface area contributed by atoms with Crippen LogP contribution in [0.3, 0.4) is 0 Å². The first-order chi connectivity index (χ1) is 8.99. The first kappa shape index (κ1) is 13.2. The average molecular weight is 260 g/mol. The molecule has 0 saturated carbocycles. The number of benzene rings is 1. The summed E-state index contributed by atoms with van der Waals surface area (Å²) in [5.41, 5.74) is 1.14. The van der Waals surface area contributed by atoms with Crippen molar-refractivity contribution in [3.05, 3.63) is 53.0 Å². The third kappa shape index (κ3) is 2.78. The van der Waals surface area contributed by atoms with Gasteiger partial charge in [0, 0.05) is 12.0 Å². The van der Waals surface area contributed by atoms with Crippen molar-refractivity contribution in [3.8, 4) is 5.75 Å². The molecule has 1 aliphatic carbocycles. The summed E-state index contributed by atoms with van der Waals surface area (Å²) < 4.78 is 0. The number of carbonyl (C=O) groups is 1. The maximum atomic E-state index is 12.1. The van der Waals surface area contributed by atoms with Gasteiger partial charge >= 0.3 is 0 Å². The standard InChI is InChI=1S/C15H16O4/c1-9-13(17)7-6-12(15(9)19)14(18)8-10-2-4-11(16)5-3-10/h2-5,7,12,16-17,19H,6,8H2,1H3. The molecule has 0 heterocycles. The molecule has 0 bridgehead atoms. The number of aromatic hydroxyl groups is 1. The number of carbonyl (C=O) groups excluding carboxylic acids is 1. The fraction of sp³-hybridized carbons (Fsp3) is 0.267. The number of Topliss-reactive ketones (excluding diaryl/α,β-unsaturated/α-hetero) is 1. The first-order valence-corrected chi connectivity index (χ1v) is 6.09. The van der Waals surface area contributed by atoms with Crippen molar-refractivity contribution in [2.24, 2.45) is 5.92 Å². The number of phenolic OH excluding ortho intramolecular Hbond substituents is 1. The molecule has 0 amide bonds. The van der Waals surface area contributed by atoms with E-state index >= 15 is 0 Å². The van der Waals surface area contributed by atoms with Gasteiger partial charge in [0.25, 0.3) is 0 Å². The molecule has 19 heavy (non-hydrogen) atoms. The van der Waals surface area contributed by atoms with Crippen LogP contribution < -0.4 is 0 Å². The molecule has 4 nitrogen and oxygen atoms in total. The van der Waals surface area contributed by atoms with Gasteiger partial charge in [0.05, 0.1) is 5.92 Å². The van der Waals surface area contributed by atoms with Crippen LogP contribution in [0.25, 0.3) is 0 Å². The van der Waals surface area contributed by atoms with Crippen LogP contribution in [0, 0.1) is 5.92 Å². The predicted octanol–water partition coefficient (Wildman–Crippen LogP) is 2.80. The molecule has 1 aromatic carbocycles. The van der Waals surface area contributed by atoms with Crippen molar-refractivity contribution in [1.82, 2.24) is 0 Å². The van der Waals surface area contributed by atoms with Crippen LogP contribution in [0.5, 0.6) is 5.75 Å². The van der Waals surface area contributed by atoms with Crippen LogP contribution in [-0.4, -0.2) is 21.1 Å². The molecule has 3 N–H and O–H groups in total.